The van der Waals surface area contributed by atoms with Crippen LogP contribution in [0, 0.1) is 6.92 Å². The minimum absolute atomic E-state index is 0.220. The molecule has 2 nitrogen and oxygen atoms in total. The van der Waals surface area contributed by atoms with Gasteiger partial charge in [0, 0.05) is 16.7 Å². The van der Waals surface area contributed by atoms with Gasteiger partial charge in [-0.25, -0.2) is 0 Å². The number of aliphatic hydroxyl groups excluding tert-OH is 1. The van der Waals surface area contributed by atoms with Gasteiger partial charge < -0.3 is 10.4 Å². The first-order valence-corrected chi connectivity index (χ1v) is 7.07. The lowest BCUT2D eigenvalue weighted by Crippen LogP contribution is -2.16. The zero-order valence-corrected chi connectivity index (χ0v) is 12.0. The summed E-state index contributed by atoms with van der Waals surface area (Å²) in [5.41, 5.74) is 2.61. The number of hydrogen-bond donors (Lipinski definition) is 2. The van der Waals surface area contributed by atoms with Gasteiger partial charge in [-0.15, -0.1) is 11.8 Å². The highest BCUT2D eigenvalue weighted by molar-refractivity contribution is 8.00. The van der Waals surface area contributed by atoms with Crippen molar-refractivity contribution in [1.29, 1.82) is 0 Å². The van der Waals surface area contributed by atoms with Crippen molar-refractivity contribution in [1.82, 2.24) is 5.32 Å². The van der Waals surface area contributed by atoms with E-state index < -0.39 is 0 Å². The van der Waals surface area contributed by atoms with Crippen LogP contribution in [0.4, 0.5) is 0 Å². The van der Waals surface area contributed by atoms with Crippen molar-refractivity contribution >= 4 is 11.8 Å². The molecule has 0 bridgehead atoms. The standard InChI is InChI=1S/C14H23NOS/c1-5-15-9-13-8-10(2)6-7-14(13)17-12(4)11(3)16/h6-8,11-12,15-16H,5,9H2,1-4H3. The molecule has 0 aliphatic rings. The SMILES string of the molecule is CCNCc1cc(C)ccc1SC(C)C(C)O. The van der Waals surface area contributed by atoms with E-state index >= 15 is 0 Å². The molecular formula is C14H23NOS. The third kappa shape index (κ3) is 4.70. The summed E-state index contributed by atoms with van der Waals surface area (Å²) in [6, 6.07) is 6.51. The fourth-order valence-corrected chi connectivity index (χ4v) is 2.55. The number of aryl methyl sites for hydroxylation is 1. The largest absolute Gasteiger partial charge is 0.392 e. The summed E-state index contributed by atoms with van der Waals surface area (Å²) < 4.78 is 0. The Morgan fingerprint density at radius 2 is 2.06 bits per heavy atom. The van der Waals surface area contributed by atoms with E-state index in [1.54, 1.807) is 11.8 Å². The van der Waals surface area contributed by atoms with Gasteiger partial charge >= 0.3 is 0 Å². The lowest BCUT2D eigenvalue weighted by Gasteiger charge is -2.17. The number of benzene rings is 1. The molecule has 0 heterocycles. The third-order valence-corrected chi connectivity index (χ3v) is 4.19. The van der Waals surface area contributed by atoms with Crippen LogP contribution in [0.15, 0.2) is 23.1 Å². The van der Waals surface area contributed by atoms with Crippen LogP contribution in [0.25, 0.3) is 0 Å². The Hall–Kier alpha value is -0.510. The second-order valence-corrected chi connectivity index (χ2v) is 5.87. The molecule has 0 aromatic heterocycles. The van der Waals surface area contributed by atoms with Crippen molar-refractivity contribution in [3.8, 4) is 0 Å². The highest BCUT2D eigenvalue weighted by Gasteiger charge is 2.12. The molecule has 2 atom stereocenters. The third-order valence-electron chi connectivity index (χ3n) is 2.77. The van der Waals surface area contributed by atoms with E-state index in [4.69, 9.17) is 0 Å². The quantitative estimate of drug-likeness (QED) is 0.765. The maximum absolute atomic E-state index is 9.57. The predicted molar refractivity (Wildman–Crippen MR) is 75.6 cm³/mol. The molecule has 96 valence electrons. The van der Waals surface area contributed by atoms with Gasteiger partial charge in [0.25, 0.3) is 0 Å². The molecule has 17 heavy (non-hydrogen) atoms. The van der Waals surface area contributed by atoms with Crippen LogP contribution < -0.4 is 5.32 Å². The van der Waals surface area contributed by atoms with Gasteiger partial charge in [0.05, 0.1) is 6.10 Å². The van der Waals surface area contributed by atoms with Gasteiger partial charge in [-0.2, -0.15) is 0 Å². The van der Waals surface area contributed by atoms with E-state index in [1.165, 1.54) is 16.0 Å². The Morgan fingerprint density at radius 3 is 2.65 bits per heavy atom. The predicted octanol–water partition coefficient (Wildman–Crippen LogP) is 2.97. The van der Waals surface area contributed by atoms with Gasteiger partial charge in [-0.3, -0.25) is 0 Å². The molecule has 0 amide bonds. The lowest BCUT2D eigenvalue weighted by atomic mass is 10.1. The fraction of sp³-hybridized carbons (Fsp3) is 0.571. The molecule has 0 saturated heterocycles. The first kappa shape index (κ1) is 14.6. The minimum Gasteiger partial charge on any atom is -0.392 e. The number of nitrogens with one attached hydrogen (secondary N) is 1. The average Bonchev–Trinajstić information content (AvgIpc) is 2.29. The average molecular weight is 253 g/mol. The van der Waals surface area contributed by atoms with E-state index in [2.05, 4.69) is 44.3 Å². The zero-order chi connectivity index (χ0) is 12.8. The Labute approximate surface area is 109 Å². The summed E-state index contributed by atoms with van der Waals surface area (Å²) in [5, 5.41) is 13.1. The van der Waals surface area contributed by atoms with Crippen molar-refractivity contribution in [2.45, 2.75) is 50.5 Å². The minimum atomic E-state index is -0.284. The number of hydrogen-bond acceptors (Lipinski definition) is 3. The van der Waals surface area contributed by atoms with E-state index in [0.29, 0.717) is 0 Å². The maximum Gasteiger partial charge on any atom is 0.0631 e. The van der Waals surface area contributed by atoms with Gasteiger partial charge in [-0.05, 0) is 32.0 Å². The van der Waals surface area contributed by atoms with E-state index in [-0.39, 0.29) is 11.4 Å². The molecule has 1 aromatic carbocycles. The van der Waals surface area contributed by atoms with Crippen LogP contribution in [0.3, 0.4) is 0 Å². The number of thioether (sulfide) groups is 1. The van der Waals surface area contributed by atoms with Gasteiger partial charge in [0.15, 0.2) is 0 Å². The second kappa shape index (κ2) is 7.04. The lowest BCUT2D eigenvalue weighted by molar-refractivity contribution is 0.196. The molecule has 2 N–H and O–H groups in total. The number of rotatable bonds is 6. The molecule has 0 spiro atoms. The van der Waals surface area contributed by atoms with Crippen LogP contribution >= 0.6 is 11.8 Å². The van der Waals surface area contributed by atoms with Gasteiger partial charge in [-0.1, -0.05) is 31.5 Å². The Balaban J connectivity index is 2.82. The molecule has 1 rings (SSSR count). The van der Waals surface area contributed by atoms with Crippen molar-refractivity contribution in [2.24, 2.45) is 0 Å². The van der Waals surface area contributed by atoms with Crippen LogP contribution in [0.2, 0.25) is 0 Å². The van der Waals surface area contributed by atoms with E-state index in [9.17, 15) is 5.11 Å². The Morgan fingerprint density at radius 1 is 1.35 bits per heavy atom. The van der Waals surface area contributed by atoms with Crippen molar-refractivity contribution in [2.75, 3.05) is 6.54 Å². The molecule has 2 unspecified atom stereocenters. The summed E-state index contributed by atoms with van der Waals surface area (Å²) in [4.78, 5) is 1.27. The molecule has 0 fully saturated rings. The summed E-state index contributed by atoms with van der Waals surface area (Å²) in [5.74, 6) is 0. The molecule has 1 aromatic rings. The monoisotopic (exact) mass is 253 g/mol. The normalized spacial score (nSPS) is 14.6. The van der Waals surface area contributed by atoms with E-state index in [1.807, 2.05) is 6.92 Å². The first-order chi connectivity index (χ1) is 8.04. The van der Waals surface area contributed by atoms with Crippen LogP contribution in [0.5, 0.6) is 0 Å². The maximum atomic E-state index is 9.57. The van der Waals surface area contributed by atoms with Crippen molar-refractivity contribution < 1.29 is 5.11 Å². The summed E-state index contributed by atoms with van der Waals surface area (Å²) >= 11 is 1.75. The molecule has 0 aliphatic heterocycles. The molecular weight excluding hydrogens is 230 g/mol. The zero-order valence-electron chi connectivity index (χ0n) is 11.2. The molecule has 0 radical (unpaired) electrons. The van der Waals surface area contributed by atoms with Crippen LogP contribution in [-0.2, 0) is 6.54 Å². The Bertz CT molecular complexity index is 352. The Kier molecular flexibility index (Phi) is 6.03. The van der Waals surface area contributed by atoms with Crippen LogP contribution in [0.1, 0.15) is 31.9 Å². The van der Waals surface area contributed by atoms with Gasteiger partial charge in [0.1, 0.15) is 0 Å². The summed E-state index contributed by atoms with van der Waals surface area (Å²) in [6.45, 7) is 10.0. The summed E-state index contributed by atoms with van der Waals surface area (Å²) in [6.07, 6.45) is -0.284. The molecule has 0 saturated carbocycles. The molecule has 0 aliphatic carbocycles. The fourth-order valence-electron chi connectivity index (χ4n) is 1.52. The first-order valence-electron chi connectivity index (χ1n) is 6.19. The van der Waals surface area contributed by atoms with Crippen LogP contribution in [-0.4, -0.2) is 23.0 Å². The van der Waals surface area contributed by atoms with Crippen molar-refractivity contribution in [3.63, 3.8) is 0 Å². The van der Waals surface area contributed by atoms with Gasteiger partial charge in [0.2, 0.25) is 0 Å². The highest BCUT2D eigenvalue weighted by Crippen LogP contribution is 2.29. The molecule has 3 heteroatoms. The van der Waals surface area contributed by atoms with E-state index in [0.717, 1.165) is 13.1 Å². The smallest absolute Gasteiger partial charge is 0.0631 e. The topological polar surface area (TPSA) is 32.3 Å². The second-order valence-electron chi connectivity index (χ2n) is 4.46. The number of aliphatic hydroxyl groups is 1. The summed E-state index contributed by atoms with van der Waals surface area (Å²) in [7, 11) is 0. The highest BCUT2D eigenvalue weighted by atomic mass is 32.2. The van der Waals surface area contributed by atoms with Crippen molar-refractivity contribution in [3.05, 3.63) is 29.3 Å².